The molecule has 0 spiro atoms. The lowest BCUT2D eigenvalue weighted by molar-refractivity contribution is -0.234. The van der Waals surface area contributed by atoms with Crippen LogP contribution in [0.15, 0.2) is 29.0 Å². The maximum Gasteiger partial charge on any atom is 0.303 e. The second kappa shape index (κ2) is 11.7. The Morgan fingerprint density at radius 3 is 2.23 bits per heavy atom. The van der Waals surface area contributed by atoms with Crippen molar-refractivity contribution in [2.75, 3.05) is 6.61 Å². The molecule has 5 atom stereocenters. The van der Waals surface area contributed by atoms with Gasteiger partial charge < -0.3 is 23.5 Å². The number of rotatable bonds is 7. The summed E-state index contributed by atoms with van der Waals surface area (Å²) < 4.78 is 70.6. The molecule has 1 aromatic carbocycles. The van der Waals surface area contributed by atoms with Crippen molar-refractivity contribution in [3.05, 3.63) is 51.3 Å². The van der Waals surface area contributed by atoms with Crippen LogP contribution in [0.1, 0.15) is 38.7 Å². The van der Waals surface area contributed by atoms with Crippen LogP contribution in [-0.2, 0) is 33.3 Å². The van der Waals surface area contributed by atoms with E-state index in [2.05, 4.69) is 15.5 Å². The fourth-order valence-electron chi connectivity index (χ4n) is 4.12. The zero-order valence-corrected chi connectivity index (χ0v) is 22.6. The highest BCUT2D eigenvalue weighted by atomic mass is 127. The summed E-state index contributed by atoms with van der Waals surface area (Å²) in [5.41, 5.74) is -0.222. The summed E-state index contributed by atoms with van der Waals surface area (Å²) in [4.78, 5) is 35.9. The first kappa shape index (κ1) is 28.5. The van der Waals surface area contributed by atoms with Crippen LogP contribution in [0.3, 0.4) is 0 Å². The van der Waals surface area contributed by atoms with Crippen molar-refractivity contribution in [2.45, 2.75) is 51.2 Å². The first-order valence-electron chi connectivity index (χ1n) is 11.3. The molecule has 3 aromatic rings. The molecule has 1 aliphatic heterocycles. The zero-order chi connectivity index (χ0) is 28.4. The van der Waals surface area contributed by atoms with Crippen molar-refractivity contribution in [3.8, 4) is 11.3 Å². The highest BCUT2D eigenvalue weighted by Gasteiger charge is 2.53. The Morgan fingerprint density at radius 1 is 1.03 bits per heavy atom. The van der Waals surface area contributed by atoms with Crippen LogP contribution in [-0.4, -0.2) is 63.0 Å². The first-order chi connectivity index (χ1) is 18.5. The Hall–Kier alpha value is -3.54. The molecule has 0 bridgehead atoms. The first-order valence-corrected chi connectivity index (χ1v) is 12.3. The van der Waals surface area contributed by atoms with Crippen molar-refractivity contribution in [2.24, 2.45) is 0 Å². The Labute approximate surface area is 231 Å². The van der Waals surface area contributed by atoms with Crippen LogP contribution in [0.2, 0.25) is 0 Å². The molecule has 0 radical (unpaired) electrons. The average molecular weight is 664 g/mol. The lowest BCUT2D eigenvalue weighted by Crippen LogP contribution is -2.55. The number of aromatic nitrogens is 4. The lowest BCUT2D eigenvalue weighted by Gasteiger charge is -2.44. The van der Waals surface area contributed by atoms with Gasteiger partial charge in [-0.05, 0) is 34.7 Å². The topological polar surface area (TPSA) is 145 Å². The van der Waals surface area contributed by atoms with Gasteiger partial charge >= 0.3 is 17.9 Å². The monoisotopic (exact) mass is 664 g/mol. The van der Waals surface area contributed by atoms with E-state index in [9.17, 15) is 27.6 Å². The van der Waals surface area contributed by atoms with E-state index in [4.69, 9.17) is 23.5 Å². The van der Waals surface area contributed by atoms with Crippen molar-refractivity contribution in [1.82, 2.24) is 20.2 Å². The number of hydrogen-bond donors (Lipinski definition) is 0. The van der Waals surface area contributed by atoms with E-state index >= 15 is 0 Å². The minimum absolute atomic E-state index is 0.0789. The van der Waals surface area contributed by atoms with Crippen LogP contribution in [0.25, 0.3) is 11.3 Å². The van der Waals surface area contributed by atoms with Gasteiger partial charge in [-0.3, -0.25) is 14.4 Å². The number of nitrogens with zero attached hydrogens (tertiary/aromatic N) is 4. The summed E-state index contributed by atoms with van der Waals surface area (Å²) in [5, 5.41) is 11.7. The van der Waals surface area contributed by atoms with Crippen LogP contribution in [0, 0.1) is 21.0 Å². The minimum Gasteiger partial charge on any atom is -0.463 e. The van der Waals surface area contributed by atoms with Crippen LogP contribution in [0.4, 0.5) is 13.2 Å². The second-order valence-electron chi connectivity index (χ2n) is 8.41. The molecule has 4 rings (SSSR count). The molecule has 2 aromatic heterocycles. The molecule has 1 aliphatic rings. The van der Waals surface area contributed by atoms with E-state index in [1.807, 2.05) is 22.6 Å². The van der Waals surface area contributed by atoms with Gasteiger partial charge in [-0.15, -0.1) is 5.10 Å². The molecule has 0 aliphatic carbocycles. The smallest absolute Gasteiger partial charge is 0.303 e. The molecule has 208 valence electrons. The Balaban J connectivity index is 1.85. The largest absolute Gasteiger partial charge is 0.463 e. The number of ether oxygens (including phenoxy) is 4. The molecule has 0 N–H and O–H groups in total. The molecule has 3 heterocycles. The van der Waals surface area contributed by atoms with Gasteiger partial charge in [0.2, 0.25) is 0 Å². The molecule has 0 saturated carbocycles. The van der Waals surface area contributed by atoms with Gasteiger partial charge in [-0.1, -0.05) is 10.4 Å². The maximum atomic E-state index is 13.9. The average Bonchev–Trinajstić information content (AvgIpc) is 3.50. The molecule has 1 fully saturated rings. The third kappa shape index (κ3) is 6.21. The fraction of sp³-hybridized carbons (Fsp3) is 0.391. The number of carbonyl (C=O) groups is 3. The summed E-state index contributed by atoms with van der Waals surface area (Å²) in [5.74, 6) is -6.52. The molecule has 16 heteroatoms. The van der Waals surface area contributed by atoms with Crippen LogP contribution >= 0.6 is 22.6 Å². The van der Waals surface area contributed by atoms with E-state index in [0.29, 0.717) is 3.57 Å². The summed E-state index contributed by atoms with van der Waals surface area (Å²) in [7, 11) is 0. The number of carbonyl (C=O) groups excluding carboxylic acids is 3. The van der Waals surface area contributed by atoms with Crippen molar-refractivity contribution in [1.29, 1.82) is 0 Å². The molecule has 12 nitrogen and oxygen atoms in total. The number of benzene rings is 1. The third-order valence-electron chi connectivity index (χ3n) is 5.62. The number of halogens is 4. The Kier molecular flexibility index (Phi) is 8.53. The van der Waals surface area contributed by atoms with Crippen LogP contribution < -0.4 is 0 Å². The highest BCUT2D eigenvalue weighted by molar-refractivity contribution is 14.1. The molecule has 39 heavy (non-hydrogen) atoms. The molecule has 1 saturated heterocycles. The second-order valence-corrected chi connectivity index (χ2v) is 9.57. The maximum absolute atomic E-state index is 13.9. The van der Waals surface area contributed by atoms with E-state index < -0.39 is 65.8 Å². The molecule has 0 unspecified atom stereocenters. The Morgan fingerprint density at radius 2 is 1.67 bits per heavy atom. The summed E-state index contributed by atoms with van der Waals surface area (Å²) in [6.07, 6.45) is -2.22. The van der Waals surface area contributed by atoms with E-state index in [0.717, 1.165) is 30.7 Å². The van der Waals surface area contributed by atoms with Gasteiger partial charge in [0, 0.05) is 26.3 Å². The van der Waals surface area contributed by atoms with Crippen molar-refractivity contribution in [3.63, 3.8) is 0 Å². The number of esters is 3. The number of hydrogen-bond acceptors (Lipinski definition) is 11. The van der Waals surface area contributed by atoms with Gasteiger partial charge in [0.15, 0.2) is 41.5 Å². The van der Waals surface area contributed by atoms with Crippen molar-refractivity contribution >= 4 is 40.5 Å². The summed E-state index contributed by atoms with van der Waals surface area (Å²) in [6.45, 7) is 3.06. The third-order valence-corrected chi connectivity index (χ3v) is 6.43. The fourth-order valence-corrected chi connectivity index (χ4v) is 4.64. The van der Waals surface area contributed by atoms with Gasteiger partial charge in [0.1, 0.15) is 24.4 Å². The van der Waals surface area contributed by atoms with Gasteiger partial charge in [0.25, 0.3) is 0 Å². The van der Waals surface area contributed by atoms with Gasteiger partial charge in [0.05, 0.1) is 16.0 Å². The standard InChI is InChI=1S/C23H20F3IN4O8/c1-9(32)35-8-17-21(36-10(2)33)19(22(37-11(3)34)23(38-17)20-15(27)6-28-39-20)31-7-16(29-30-31)12-4-13(24)18(26)14(25)5-12/h4-7,17,19,21-23H,8H2,1-3H3/t17-,19+,21+,22-,23+/m1/s1. The van der Waals surface area contributed by atoms with E-state index in [-0.39, 0.29) is 23.6 Å². The normalized spacial score (nSPS) is 22.8. The summed E-state index contributed by atoms with van der Waals surface area (Å²) >= 11 is 1.92. The van der Waals surface area contributed by atoms with Crippen molar-refractivity contribution < 1.29 is 51.0 Å². The quantitative estimate of drug-likeness (QED) is 0.159. The van der Waals surface area contributed by atoms with E-state index in [1.165, 1.54) is 19.3 Å². The minimum atomic E-state index is -1.65. The highest BCUT2D eigenvalue weighted by Crippen LogP contribution is 2.43. The van der Waals surface area contributed by atoms with Gasteiger partial charge in [-0.25, -0.2) is 17.9 Å². The predicted molar refractivity (Wildman–Crippen MR) is 129 cm³/mol. The lowest BCUT2D eigenvalue weighted by atomic mass is 9.90. The molecular weight excluding hydrogens is 644 g/mol. The van der Waals surface area contributed by atoms with Gasteiger partial charge in [-0.2, -0.15) is 0 Å². The molecule has 0 amide bonds. The summed E-state index contributed by atoms with van der Waals surface area (Å²) in [6, 6.07) is 0.273. The molecular formula is C23H20F3IN4O8. The zero-order valence-electron chi connectivity index (χ0n) is 20.5. The SMILES string of the molecule is CC(=O)OC[C@H]1O[C@@H](c2oncc2I)[C@H](OC(C)=O)[C@@H](n2cc(-c3cc(F)c(F)c(F)c3)nn2)[C@H]1OC(C)=O. The Bertz CT molecular complexity index is 1380. The predicted octanol–water partition coefficient (Wildman–Crippen LogP) is 3.06. The van der Waals surface area contributed by atoms with E-state index in [1.54, 1.807) is 0 Å². The van der Waals surface area contributed by atoms with Crippen LogP contribution in [0.5, 0.6) is 0 Å².